The molecule has 1 saturated heterocycles. The molecule has 1 aromatic carbocycles. The Morgan fingerprint density at radius 3 is 2.50 bits per heavy atom. The lowest BCUT2D eigenvalue weighted by atomic mass is 9.88. The van der Waals surface area contributed by atoms with Gasteiger partial charge in [-0.1, -0.05) is 25.1 Å². The van der Waals surface area contributed by atoms with Gasteiger partial charge in [0.05, 0.1) is 17.3 Å². The number of aryl methyl sites for hydroxylation is 1. The van der Waals surface area contributed by atoms with Crippen LogP contribution in [0.3, 0.4) is 0 Å². The molecule has 0 saturated carbocycles. The molecule has 0 amide bonds. The number of fused-ring (bicyclic) bond motifs is 1. The van der Waals surface area contributed by atoms with Crippen LogP contribution >= 0.6 is 27.0 Å². The second-order valence-electron chi connectivity index (χ2n) is 8.22. The van der Waals surface area contributed by atoms with Gasteiger partial charge in [0.2, 0.25) is 5.95 Å². The van der Waals surface area contributed by atoms with Crippen LogP contribution in [0.2, 0.25) is 0 Å². The van der Waals surface area contributed by atoms with E-state index in [1.807, 2.05) is 48.2 Å². The summed E-state index contributed by atoms with van der Waals surface area (Å²) < 4.78 is 3.30. The Morgan fingerprint density at radius 1 is 1.15 bits per heavy atom. The number of Topliss-reactive ketones (excluding diaryl/α,β-unsaturated/α-hetero) is 1. The van der Waals surface area contributed by atoms with E-state index in [-0.39, 0.29) is 56.2 Å². The maximum absolute atomic E-state index is 13.6. The van der Waals surface area contributed by atoms with Crippen LogP contribution in [-0.4, -0.2) is 36.5 Å². The molecule has 9 nitrogen and oxygen atoms in total. The number of aromatic nitrogens is 5. The Hall–Kier alpha value is -3.31. The van der Waals surface area contributed by atoms with E-state index in [0.717, 1.165) is 11.3 Å². The highest BCUT2D eigenvalue weighted by molar-refractivity contribution is 7.59. The van der Waals surface area contributed by atoms with Crippen LogP contribution in [0.1, 0.15) is 41.6 Å². The Bertz CT molecular complexity index is 1420. The Labute approximate surface area is 210 Å². The average molecular weight is 498 g/mol. The predicted octanol–water partition coefficient (Wildman–Crippen LogP) is 2.79. The number of para-hydroxylation sites is 1. The van der Waals surface area contributed by atoms with Gasteiger partial charge in [0.15, 0.2) is 11.6 Å². The van der Waals surface area contributed by atoms with Crippen LogP contribution in [0.15, 0.2) is 53.6 Å². The standard InChI is InChI=1S/C23H23N7O2.2H2S/c1-13-9-10-29-19(13)22(32)30(16-7-5-4-6-8-16)21(27-29)18-14(2)12-28(18)20-17(15(3)31)11-25-23(24)26-20;;/h4-11,14,18H,12H2,1-3H3,(H2,24,25,26);2*1H2/t14-,18-;;/m0../s1. The zero-order valence-corrected chi connectivity index (χ0v) is 21.1. The highest BCUT2D eigenvalue weighted by atomic mass is 32.1. The second kappa shape index (κ2) is 9.51. The van der Waals surface area contributed by atoms with E-state index in [1.165, 1.54) is 13.1 Å². The van der Waals surface area contributed by atoms with E-state index in [0.29, 0.717) is 29.3 Å². The Balaban J connectivity index is 0.00000162. The van der Waals surface area contributed by atoms with E-state index in [1.54, 1.807) is 15.3 Å². The molecule has 0 aliphatic carbocycles. The molecule has 178 valence electrons. The van der Waals surface area contributed by atoms with Crippen LogP contribution in [-0.2, 0) is 0 Å². The summed E-state index contributed by atoms with van der Waals surface area (Å²) in [6.45, 7) is 6.11. The van der Waals surface area contributed by atoms with Crippen LogP contribution in [0.5, 0.6) is 0 Å². The minimum atomic E-state index is -0.276. The van der Waals surface area contributed by atoms with Gasteiger partial charge in [0.25, 0.3) is 5.56 Å². The van der Waals surface area contributed by atoms with Crippen LogP contribution in [0.25, 0.3) is 11.2 Å². The smallest absolute Gasteiger partial charge is 0.282 e. The van der Waals surface area contributed by atoms with Gasteiger partial charge in [0, 0.05) is 24.9 Å². The van der Waals surface area contributed by atoms with Crippen LogP contribution in [0.4, 0.5) is 11.8 Å². The van der Waals surface area contributed by atoms with Crippen molar-refractivity contribution in [2.45, 2.75) is 26.8 Å². The summed E-state index contributed by atoms with van der Waals surface area (Å²) >= 11 is 0. The number of rotatable bonds is 4. The van der Waals surface area contributed by atoms with Crippen molar-refractivity contribution in [2.75, 3.05) is 17.2 Å². The summed E-state index contributed by atoms with van der Waals surface area (Å²) in [4.78, 5) is 36.2. The molecule has 1 fully saturated rings. The monoisotopic (exact) mass is 497 g/mol. The summed E-state index contributed by atoms with van der Waals surface area (Å²) in [6.07, 6.45) is 3.25. The molecule has 4 heterocycles. The third-order valence-corrected chi connectivity index (χ3v) is 5.99. The lowest BCUT2D eigenvalue weighted by molar-refractivity contribution is 0.101. The summed E-state index contributed by atoms with van der Waals surface area (Å²) in [5, 5.41) is 4.86. The number of nitrogens with zero attached hydrogens (tertiary/aromatic N) is 6. The van der Waals surface area contributed by atoms with Crippen LogP contribution < -0.4 is 16.2 Å². The first-order chi connectivity index (χ1) is 15.4. The van der Waals surface area contributed by atoms with E-state index in [9.17, 15) is 9.59 Å². The maximum atomic E-state index is 13.6. The molecule has 0 spiro atoms. The molecular formula is C23H27N7O2S2. The third-order valence-electron chi connectivity index (χ3n) is 5.99. The summed E-state index contributed by atoms with van der Waals surface area (Å²) in [6, 6.07) is 11.1. The molecule has 5 rings (SSSR count). The van der Waals surface area contributed by atoms with Crippen molar-refractivity contribution < 1.29 is 4.79 Å². The number of nitrogens with two attached hydrogens (primary N) is 1. The minimum absolute atomic E-state index is 0. The SMILES string of the molecule is CC(=O)c1cnc(N)nc1N1C[C@H](C)[C@H]1c1nn2ccc(C)c2c(=O)n1-c1ccccc1.S.S. The highest BCUT2D eigenvalue weighted by Crippen LogP contribution is 2.42. The van der Waals surface area contributed by atoms with Gasteiger partial charge in [-0.2, -0.15) is 37.1 Å². The van der Waals surface area contributed by atoms with Crippen LogP contribution in [0, 0.1) is 12.8 Å². The number of hydrogen-bond acceptors (Lipinski definition) is 7. The fourth-order valence-corrected chi connectivity index (χ4v) is 4.41. The number of ketones is 1. The lowest BCUT2D eigenvalue weighted by Gasteiger charge is -2.47. The molecule has 0 bridgehead atoms. The molecule has 11 heteroatoms. The predicted molar refractivity (Wildman–Crippen MR) is 142 cm³/mol. The Morgan fingerprint density at radius 2 is 1.85 bits per heavy atom. The van der Waals surface area contributed by atoms with Crippen molar-refractivity contribution in [3.63, 3.8) is 0 Å². The van der Waals surface area contributed by atoms with E-state index < -0.39 is 0 Å². The fraction of sp³-hybridized carbons (Fsp3) is 0.261. The average Bonchev–Trinajstić information content (AvgIpc) is 3.13. The largest absolute Gasteiger partial charge is 0.368 e. The molecule has 0 unspecified atom stereocenters. The topological polar surface area (TPSA) is 111 Å². The van der Waals surface area contributed by atoms with Crippen molar-refractivity contribution in [2.24, 2.45) is 5.92 Å². The molecule has 1 aliphatic heterocycles. The number of carbonyl (C=O) groups excluding carboxylic acids is 1. The first kappa shape index (κ1) is 25.3. The van der Waals surface area contributed by atoms with E-state index in [2.05, 4.69) is 16.9 Å². The highest BCUT2D eigenvalue weighted by Gasteiger charge is 2.43. The maximum Gasteiger partial charge on any atom is 0.282 e. The molecule has 3 aromatic heterocycles. The van der Waals surface area contributed by atoms with Gasteiger partial charge in [-0.15, -0.1) is 0 Å². The summed E-state index contributed by atoms with van der Waals surface area (Å²) in [5.74, 6) is 1.15. The number of anilines is 2. The lowest BCUT2D eigenvalue weighted by Crippen LogP contribution is -2.52. The number of benzene rings is 1. The zero-order valence-electron chi connectivity index (χ0n) is 19.1. The summed E-state index contributed by atoms with van der Waals surface area (Å²) in [5.41, 5.74) is 8.23. The fourth-order valence-electron chi connectivity index (χ4n) is 4.41. The Kier molecular flexibility index (Phi) is 7.08. The molecule has 4 aromatic rings. The van der Waals surface area contributed by atoms with Gasteiger partial charge in [-0.25, -0.2) is 9.50 Å². The molecule has 2 N–H and O–H groups in total. The molecular weight excluding hydrogens is 470 g/mol. The normalized spacial score (nSPS) is 17.0. The van der Waals surface area contributed by atoms with Crippen molar-refractivity contribution in [3.8, 4) is 5.69 Å². The van der Waals surface area contributed by atoms with E-state index in [4.69, 9.17) is 10.8 Å². The quantitative estimate of drug-likeness (QED) is 0.432. The molecule has 34 heavy (non-hydrogen) atoms. The van der Waals surface area contributed by atoms with Gasteiger partial charge in [0.1, 0.15) is 11.3 Å². The van der Waals surface area contributed by atoms with Gasteiger partial charge >= 0.3 is 0 Å². The first-order valence-electron chi connectivity index (χ1n) is 10.4. The number of carbonyl (C=O) groups is 1. The first-order valence-corrected chi connectivity index (χ1v) is 10.4. The van der Waals surface area contributed by atoms with Crippen molar-refractivity contribution in [1.82, 2.24) is 24.1 Å². The van der Waals surface area contributed by atoms with Gasteiger partial charge in [-0.3, -0.25) is 14.2 Å². The van der Waals surface area contributed by atoms with Gasteiger partial charge in [-0.05, 0) is 37.6 Å². The number of nitrogen functional groups attached to an aromatic ring is 1. The molecule has 0 radical (unpaired) electrons. The molecule has 1 aliphatic rings. The summed E-state index contributed by atoms with van der Waals surface area (Å²) in [7, 11) is 0. The number of hydrogen-bond donors (Lipinski definition) is 1. The third kappa shape index (κ3) is 3.94. The second-order valence-corrected chi connectivity index (χ2v) is 8.22. The van der Waals surface area contributed by atoms with Crippen molar-refractivity contribution in [3.05, 3.63) is 76.1 Å². The zero-order chi connectivity index (χ0) is 22.6. The van der Waals surface area contributed by atoms with Gasteiger partial charge < -0.3 is 10.6 Å². The van der Waals surface area contributed by atoms with Crippen molar-refractivity contribution in [1.29, 1.82) is 0 Å². The molecule has 2 atom stereocenters. The van der Waals surface area contributed by atoms with Crippen molar-refractivity contribution >= 4 is 50.1 Å². The minimum Gasteiger partial charge on any atom is -0.368 e. The van der Waals surface area contributed by atoms with E-state index >= 15 is 0 Å².